The van der Waals surface area contributed by atoms with Crippen LogP contribution in [0.3, 0.4) is 0 Å². The van der Waals surface area contributed by atoms with E-state index in [0.29, 0.717) is 11.3 Å². The fourth-order valence-corrected chi connectivity index (χ4v) is 5.51. The van der Waals surface area contributed by atoms with E-state index in [9.17, 15) is 18.5 Å². The Morgan fingerprint density at radius 1 is 1.23 bits per heavy atom. The highest BCUT2D eigenvalue weighted by molar-refractivity contribution is 7.89. The minimum Gasteiger partial charge on any atom is -0.490 e. The van der Waals surface area contributed by atoms with Gasteiger partial charge in [-0.3, -0.25) is 10.1 Å². The number of rotatable bonds is 7. The van der Waals surface area contributed by atoms with Gasteiger partial charge in [0.15, 0.2) is 15.6 Å². The number of aromatic nitrogens is 1. The zero-order valence-corrected chi connectivity index (χ0v) is 16.1. The predicted octanol–water partition coefficient (Wildman–Crippen LogP) is 3.90. The number of hydrogen-bond donors (Lipinski definition) is 0. The van der Waals surface area contributed by atoms with Crippen molar-refractivity contribution in [3.63, 3.8) is 0 Å². The average Bonchev–Trinajstić information content (AvgIpc) is 3.25. The molecule has 136 valence electrons. The Morgan fingerprint density at radius 2 is 2.04 bits per heavy atom. The van der Waals surface area contributed by atoms with Gasteiger partial charge in [0.25, 0.3) is 0 Å². The highest BCUT2D eigenvalue weighted by atomic mass is 32.2. The van der Waals surface area contributed by atoms with E-state index in [2.05, 4.69) is 4.98 Å². The summed E-state index contributed by atoms with van der Waals surface area (Å²) in [5, 5.41) is 15.5. The van der Waals surface area contributed by atoms with Gasteiger partial charge < -0.3 is 4.74 Å². The maximum Gasteiger partial charge on any atom is 0.311 e. The van der Waals surface area contributed by atoms with Gasteiger partial charge in [0, 0.05) is 11.4 Å². The second-order valence-corrected chi connectivity index (χ2v) is 9.29. The third kappa shape index (κ3) is 4.26. The predicted molar refractivity (Wildman–Crippen MR) is 101 cm³/mol. The van der Waals surface area contributed by atoms with E-state index in [4.69, 9.17) is 4.74 Å². The number of benzene rings is 1. The van der Waals surface area contributed by atoms with E-state index in [1.165, 1.54) is 36.6 Å². The molecular formula is C16H14N2O5S3. The van der Waals surface area contributed by atoms with Crippen molar-refractivity contribution < 1.29 is 18.1 Å². The molecule has 7 nitrogen and oxygen atoms in total. The largest absolute Gasteiger partial charge is 0.490 e. The standard InChI is InChI=1S/C16H14N2O5S3/c1-23-14-5-4-11(7-13(14)18(19)20)9-26(21,22)10-12-8-25-16(17-12)15-3-2-6-24-15/h2-8H,9-10H2,1H3. The molecule has 10 heteroatoms. The zero-order valence-electron chi connectivity index (χ0n) is 13.6. The number of hydrogen-bond acceptors (Lipinski definition) is 8. The Labute approximate surface area is 158 Å². The SMILES string of the molecule is COc1ccc(CS(=O)(=O)Cc2csc(-c3cccs3)n2)cc1[N+](=O)[O-]. The summed E-state index contributed by atoms with van der Waals surface area (Å²) in [4.78, 5) is 15.8. The lowest BCUT2D eigenvalue weighted by atomic mass is 10.2. The van der Waals surface area contributed by atoms with E-state index in [-0.39, 0.29) is 22.9 Å². The van der Waals surface area contributed by atoms with Crippen molar-refractivity contribution in [2.45, 2.75) is 11.5 Å². The van der Waals surface area contributed by atoms with Crippen LogP contribution in [0.15, 0.2) is 41.1 Å². The molecule has 0 amide bonds. The van der Waals surface area contributed by atoms with Crippen LogP contribution in [-0.4, -0.2) is 25.4 Å². The number of nitro groups is 1. The van der Waals surface area contributed by atoms with Crippen molar-refractivity contribution in [3.05, 3.63) is 62.5 Å². The molecule has 0 bridgehead atoms. The van der Waals surface area contributed by atoms with Crippen LogP contribution in [0.1, 0.15) is 11.3 Å². The Kier molecular flexibility index (Phi) is 5.35. The van der Waals surface area contributed by atoms with Crippen LogP contribution in [0.25, 0.3) is 9.88 Å². The van der Waals surface area contributed by atoms with E-state index in [0.717, 1.165) is 9.88 Å². The fourth-order valence-electron chi connectivity index (χ4n) is 2.38. The molecule has 1 aromatic carbocycles. The average molecular weight is 410 g/mol. The van der Waals surface area contributed by atoms with E-state index < -0.39 is 14.8 Å². The van der Waals surface area contributed by atoms with Gasteiger partial charge in [0.2, 0.25) is 0 Å². The molecule has 0 unspecified atom stereocenters. The summed E-state index contributed by atoms with van der Waals surface area (Å²) in [7, 11) is -2.20. The summed E-state index contributed by atoms with van der Waals surface area (Å²) in [5.74, 6) is -0.422. The molecule has 3 rings (SSSR count). The molecule has 2 aromatic heterocycles. The van der Waals surface area contributed by atoms with Crippen molar-refractivity contribution in [2.24, 2.45) is 0 Å². The number of nitrogens with zero attached hydrogens (tertiary/aromatic N) is 2. The molecule has 0 fully saturated rings. The van der Waals surface area contributed by atoms with Crippen molar-refractivity contribution in [2.75, 3.05) is 7.11 Å². The Hall–Kier alpha value is -2.30. The van der Waals surface area contributed by atoms with Gasteiger partial charge in [-0.25, -0.2) is 13.4 Å². The summed E-state index contributed by atoms with van der Waals surface area (Å²) in [5.41, 5.74) is 0.557. The summed E-state index contributed by atoms with van der Waals surface area (Å²) >= 11 is 2.94. The maximum absolute atomic E-state index is 12.5. The van der Waals surface area contributed by atoms with Crippen molar-refractivity contribution >= 4 is 38.2 Å². The molecule has 26 heavy (non-hydrogen) atoms. The topological polar surface area (TPSA) is 99.4 Å². The quantitative estimate of drug-likeness (QED) is 0.433. The van der Waals surface area contributed by atoms with Crippen LogP contribution >= 0.6 is 22.7 Å². The molecule has 0 aliphatic heterocycles. The first-order valence-electron chi connectivity index (χ1n) is 7.38. The Morgan fingerprint density at radius 3 is 2.69 bits per heavy atom. The molecular weight excluding hydrogens is 396 g/mol. The lowest BCUT2D eigenvalue weighted by Gasteiger charge is -2.06. The number of methoxy groups -OCH3 is 1. The fraction of sp³-hybridized carbons (Fsp3) is 0.188. The minimum atomic E-state index is -3.52. The normalized spacial score (nSPS) is 11.4. The van der Waals surface area contributed by atoms with Gasteiger partial charge >= 0.3 is 5.69 Å². The number of nitro benzene ring substituents is 1. The molecule has 0 saturated carbocycles. The van der Waals surface area contributed by atoms with Gasteiger partial charge in [-0.05, 0) is 23.1 Å². The van der Waals surface area contributed by atoms with E-state index in [1.807, 2.05) is 17.5 Å². The van der Waals surface area contributed by atoms with E-state index >= 15 is 0 Å². The summed E-state index contributed by atoms with van der Waals surface area (Å²) < 4.78 is 29.9. The first-order chi connectivity index (χ1) is 12.4. The van der Waals surface area contributed by atoms with Gasteiger partial charge in [0.1, 0.15) is 5.01 Å². The molecule has 2 heterocycles. The van der Waals surface area contributed by atoms with Crippen molar-refractivity contribution in [3.8, 4) is 15.6 Å². The highest BCUT2D eigenvalue weighted by Crippen LogP contribution is 2.30. The summed E-state index contributed by atoms with van der Waals surface area (Å²) in [6, 6.07) is 7.99. The molecule has 0 spiro atoms. The first-order valence-corrected chi connectivity index (χ1v) is 11.0. The molecule has 0 aliphatic carbocycles. The van der Waals surface area contributed by atoms with Crippen molar-refractivity contribution in [1.82, 2.24) is 4.98 Å². The van der Waals surface area contributed by atoms with Crippen LogP contribution in [0.2, 0.25) is 0 Å². The maximum atomic E-state index is 12.5. The molecule has 0 radical (unpaired) electrons. The molecule has 3 aromatic rings. The van der Waals surface area contributed by atoms with Crippen LogP contribution in [0.4, 0.5) is 5.69 Å². The number of sulfone groups is 1. The molecule has 0 saturated heterocycles. The number of thiazole rings is 1. The van der Waals surface area contributed by atoms with Crippen LogP contribution < -0.4 is 4.74 Å². The Bertz CT molecular complexity index is 1030. The number of ether oxygens (including phenoxy) is 1. The summed E-state index contributed by atoms with van der Waals surface area (Å²) in [6.07, 6.45) is 0. The lowest BCUT2D eigenvalue weighted by molar-refractivity contribution is -0.385. The smallest absolute Gasteiger partial charge is 0.311 e. The van der Waals surface area contributed by atoms with Gasteiger partial charge in [-0.15, -0.1) is 22.7 Å². The second kappa shape index (κ2) is 7.52. The zero-order chi connectivity index (χ0) is 18.7. The van der Waals surface area contributed by atoms with Crippen LogP contribution in [-0.2, 0) is 21.3 Å². The van der Waals surface area contributed by atoms with Gasteiger partial charge in [-0.1, -0.05) is 12.1 Å². The lowest BCUT2D eigenvalue weighted by Crippen LogP contribution is -2.08. The summed E-state index contributed by atoms with van der Waals surface area (Å²) in [6.45, 7) is 0. The Balaban J connectivity index is 1.77. The molecule has 0 atom stereocenters. The monoisotopic (exact) mass is 410 g/mol. The minimum absolute atomic E-state index is 0.0937. The number of thiophene rings is 1. The first kappa shape index (κ1) is 18.5. The second-order valence-electron chi connectivity index (χ2n) is 5.42. The van der Waals surface area contributed by atoms with Gasteiger partial charge in [0.05, 0.1) is 34.1 Å². The third-order valence-electron chi connectivity index (χ3n) is 3.48. The van der Waals surface area contributed by atoms with Gasteiger partial charge in [-0.2, -0.15) is 0 Å². The molecule has 0 aliphatic rings. The molecule has 0 N–H and O–H groups in total. The third-order valence-corrected chi connectivity index (χ3v) is 6.92. The van der Waals surface area contributed by atoms with Crippen molar-refractivity contribution in [1.29, 1.82) is 0 Å². The van der Waals surface area contributed by atoms with Crippen LogP contribution in [0.5, 0.6) is 5.75 Å². The van der Waals surface area contributed by atoms with E-state index in [1.54, 1.807) is 16.7 Å². The van der Waals surface area contributed by atoms with Crippen LogP contribution in [0, 0.1) is 10.1 Å². The highest BCUT2D eigenvalue weighted by Gasteiger charge is 2.20.